The molecule has 7 nitrogen and oxygen atoms in total. The standard InChI is InChI=1S/C19H24BrClN4O3/c1-4-5-8-24(18(27)13-9-12(20)6-7-14(13)21)15-16(22)25(10-11(2)3)19(28)23-17(15)26/h6-7,9,11H,4-5,8,10,22H2,1-3H3,(H,23,26,28). The zero-order valence-corrected chi connectivity index (χ0v) is 18.4. The maximum atomic E-state index is 13.3. The zero-order chi connectivity index (χ0) is 21.0. The van der Waals surface area contributed by atoms with Crippen LogP contribution in [0, 0.1) is 5.92 Å². The van der Waals surface area contributed by atoms with Crippen molar-refractivity contribution in [3.05, 3.63) is 54.1 Å². The lowest BCUT2D eigenvalue weighted by Crippen LogP contribution is -2.42. The molecule has 1 aromatic carbocycles. The SMILES string of the molecule is CCCCN(C(=O)c1cc(Br)ccc1Cl)c1c(N)n(CC(C)C)c(=O)[nH]c1=O. The summed E-state index contributed by atoms with van der Waals surface area (Å²) in [5.41, 5.74) is 5.12. The minimum Gasteiger partial charge on any atom is -0.383 e. The molecule has 0 atom stereocenters. The highest BCUT2D eigenvalue weighted by atomic mass is 79.9. The minimum atomic E-state index is -0.696. The van der Waals surface area contributed by atoms with E-state index in [9.17, 15) is 14.4 Å². The van der Waals surface area contributed by atoms with Gasteiger partial charge in [0.15, 0.2) is 5.69 Å². The second-order valence-corrected chi connectivity index (χ2v) is 8.25. The van der Waals surface area contributed by atoms with E-state index < -0.39 is 17.2 Å². The fourth-order valence-electron chi connectivity index (χ4n) is 2.82. The van der Waals surface area contributed by atoms with Gasteiger partial charge in [-0.25, -0.2) is 4.79 Å². The number of halogens is 2. The lowest BCUT2D eigenvalue weighted by molar-refractivity contribution is 0.0986. The van der Waals surface area contributed by atoms with E-state index in [0.29, 0.717) is 17.4 Å². The van der Waals surface area contributed by atoms with Crippen molar-refractivity contribution < 1.29 is 4.79 Å². The predicted octanol–water partition coefficient (Wildman–Crippen LogP) is 3.64. The van der Waals surface area contributed by atoms with Gasteiger partial charge in [-0.1, -0.05) is 54.7 Å². The molecule has 0 unspecified atom stereocenters. The van der Waals surface area contributed by atoms with Crippen molar-refractivity contribution in [2.45, 2.75) is 40.2 Å². The maximum absolute atomic E-state index is 13.3. The fourth-order valence-corrected chi connectivity index (χ4v) is 3.38. The Kier molecular flexibility index (Phi) is 7.48. The summed E-state index contributed by atoms with van der Waals surface area (Å²) in [6.45, 7) is 6.42. The Morgan fingerprint density at radius 1 is 1.36 bits per heavy atom. The smallest absolute Gasteiger partial charge is 0.330 e. The molecule has 0 aliphatic carbocycles. The van der Waals surface area contributed by atoms with Crippen LogP contribution in [0.4, 0.5) is 11.5 Å². The Morgan fingerprint density at radius 3 is 2.64 bits per heavy atom. The first-order chi connectivity index (χ1) is 13.2. The van der Waals surface area contributed by atoms with Gasteiger partial charge in [-0.15, -0.1) is 0 Å². The quantitative estimate of drug-likeness (QED) is 0.643. The molecule has 28 heavy (non-hydrogen) atoms. The van der Waals surface area contributed by atoms with Crippen molar-refractivity contribution in [2.75, 3.05) is 17.2 Å². The molecule has 0 aliphatic rings. The van der Waals surface area contributed by atoms with Crippen LogP contribution in [0.15, 0.2) is 32.3 Å². The van der Waals surface area contributed by atoms with Crippen molar-refractivity contribution in [1.29, 1.82) is 0 Å². The number of aromatic nitrogens is 2. The molecule has 152 valence electrons. The van der Waals surface area contributed by atoms with Crippen LogP contribution in [0.2, 0.25) is 5.02 Å². The molecule has 2 rings (SSSR count). The van der Waals surface area contributed by atoms with Gasteiger partial charge in [0, 0.05) is 17.6 Å². The monoisotopic (exact) mass is 470 g/mol. The van der Waals surface area contributed by atoms with E-state index in [-0.39, 0.29) is 34.6 Å². The van der Waals surface area contributed by atoms with Crippen LogP contribution in [0.25, 0.3) is 0 Å². The van der Waals surface area contributed by atoms with E-state index in [4.69, 9.17) is 17.3 Å². The summed E-state index contributed by atoms with van der Waals surface area (Å²) in [6.07, 6.45) is 1.46. The molecule has 3 N–H and O–H groups in total. The van der Waals surface area contributed by atoms with Gasteiger partial charge in [0.2, 0.25) is 0 Å². The van der Waals surface area contributed by atoms with Crippen LogP contribution in [-0.2, 0) is 6.54 Å². The summed E-state index contributed by atoms with van der Waals surface area (Å²) in [7, 11) is 0. The molecule has 1 amide bonds. The summed E-state index contributed by atoms with van der Waals surface area (Å²) in [5.74, 6) is -0.359. The zero-order valence-electron chi connectivity index (χ0n) is 16.1. The number of unbranched alkanes of at least 4 members (excludes halogenated alkanes) is 1. The summed E-state index contributed by atoms with van der Waals surface area (Å²) in [4.78, 5) is 41.7. The first-order valence-corrected chi connectivity index (χ1v) is 10.2. The number of nitrogens with two attached hydrogens (primary N) is 1. The number of hydrogen-bond donors (Lipinski definition) is 2. The van der Waals surface area contributed by atoms with E-state index in [1.165, 1.54) is 9.47 Å². The Balaban J connectivity index is 2.66. The summed E-state index contributed by atoms with van der Waals surface area (Å²) in [6, 6.07) is 4.92. The third-order valence-electron chi connectivity index (χ3n) is 4.17. The average Bonchev–Trinajstić information content (AvgIpc) is 2.62. The number of rotatable bonds is 7. The number of anilines is 2. The number of amides is 1. The molecule has 0 radical (unpaired) electrons. The van der Waals surface area contributed by atoms with Crippen molar-refractivity contribution in [3.8, 4) is 0 Å². The van der Waals surface area contributed by atoms with E-state index in [0.717, 1.165) is 6.42 Å². The number of hydrogen-bond acceptors (Lipinski definition) is 4. The van der Waals surface area contributed by atoms with Crippen molar-refractivity contribution in [2.24, 2.45) is 5.92 Å². The van der Waals surface area contributed by atoms with E-state index in [2.05, 4.69) is 20.9 Å². The van der Waals surface area contributed by atoms with Crippen LogP contribution in [-0.4, -0.2) is 22.0 Å². The highest BCUT2D eigenvalue weighted by Crippen LogP contribution is 2.26. The third kappa shape index (κ3) is 4.86. The van der Waals surface area contributed by atoms with Crippen molar-refractivity contribution in [1.82, 2.24) is 9.55 Å². The van der Waals surface area contributed by atoms with Gasteiger partial charge in [0.25, 0.3) is 11.5 Å². The molecule has 1 heterocycles. The molecule has 0 bridgehead atoms. The number of nitrogens with one attached hydrogen (secondary N) is 1. The van der Waals surface area contributed by atoms with E-state index >= 15 is 0 Å². The van der Waals surface area contributed by atoms with Crippen LogP contribution in [0.3, 0.4) is 0 Å². The van der Waals surface area contributed by atoms with Gasteiger partial charge in [-0.2, -0.15) is 0 Å². The van der Waals surface area contributed by atoms with Gasteiger partial charge in [-0.05, 0) is 30.5 Å². The molecular weight excluding hydrogens is 448 g/mol. The number of nitrogen functional groups attached to an aromatic ring is 1. The Hall–Kier alpha value is -2.06. The first-order valence-electron chi connectivity index (χ1n) is 9.06. The van der Waals surface area contributed by atoms with E-state index in [1.54, 1.807) is 18.2 Å². The van der Waals surface area contributed by atoms with Gasteiger partial charge >= 0.3 is 5.69 Å². The van der Waals surface area contributed by atoms with Crippen molar-refractivity contribution in [3.63, 3.8) is 0 Å². The number of carbonyl (C=O) groups excluding carboxylic acids is 1. The third-order valence-corrected chi connectivity index (χ3v) is 4.99. The fraction of sp³-hybridized carbons (Fsp3) is 0.421. The molecule has 9 heteroatoms. The van der Waals surface area contributed by atoms with Crippen LogP contribution >= 0.6 is 27.5 Å². The van der Waals surface area contributed by atoms with Crippen LogP contribution in [0.1, 0.15) is 44.0 Å². The number of aromatic amines is 1. The summed E-state index contributed by atoms with van der Waals surface area (Å²) >= 11 is 9.55. The number of H-pyrrole nitrogens is 1. The van der Waals surface area contributed by atoms with E-state index in [1.807, 2.05) is 20.8 Å². The predicted molar refractivity (Wildman–Crippen MR) is 116 cm³/mol. The average molecular weight is 472 g/mol. The molecule has 1 aromatic heterocycles. The van der Waals surface area contributed by atoms with Crippen LogP contribution < -0.4 is 21.9 Å². The summed E-state index contributed by atoms with van der Waals surface area (Å²) in [5, 5.41) is 0.264. The molecule has 0 saturated carbocycles. The molecular formula is C19H24BrClN4O3. The number of nitrogens with zero attached hydrogens (tertiary/aromatic N) is 2. The molecule has 0 aliphatic heterocycles. The normalized spacial score (nSPS) is 11.1. The lowest BCUT2D eigenvalue weighted by atomic mass is 10.1. The Labute approximate surface area is 176 Å². The van der Waals surface area contributed by atoms with Gasteiger partial charge in [0.1, 0.15) is 5.82 Å². The number of carbonyl (C=O) groups is 1. The molecule has 2 aromatic rings. The molecule has 0 saturated heterocycles. The molecule has 0 fully saturated rings. The molecule has 0 spiro atoms. The van der Waals surface area contributed by atoms with Crippen LogP contribution in [0.5, 0.6) is 0 Å². The maximum Gasteiger partial charge on any atom is 0.330 e. The summed E-state index contributed by atoms with van der Waals surface area (Å²) < 4.78 is 1.97. The largest absolute Gasteiger partial charge is 0.383 e. The number of benzene rings is 1. The highest BCUT2D eigenvalue weighted by Gasteiger charge is 2.26. The second kappa shape index (κ2) is 9.43. The van der Waals surface area contributed by atoms with Gasteiger partial charge < -0.3 is 10.6 Å². The Bertz CT molecular complexity index is 984. The first kappa shape index (κ1) is 22.2. The topological polar surface area (TPSA) is 101 Å². The van der Waals surface area contributed by atoms with Gasteiger partial charge in [-0.3, -0.25) is 19.1 Å². The minimum absolute atomic E-state index is 0.0296. The van der Waals surface area contributed by atoms with Crippen molar-refractivity contribution >= 4 is 44.9 Å². The van der Waals surface area contributed by atoms with Gasteiger partial charge in [0.05, 0.1) is 10.6 Å². The lowest BCUT2D eigenvalue weighted by Gasteiger charge is -2.25. The highest BCUT2D eigenvalue weighted by molar-refractivity contribution is 9.10. The second-order valence-electron chi connectivity index (χ2n) is 6.93. The Morgan fingerprint density at radius 2 is 2.04 bits per heavy atom.